The second-order valence-electron chi connectivity index (χ2n) is 5.17. The zero-order valence-electron chi connectivity index (χ0n) is 11.2. The fourth-order valence-electron chi connectivity index (χ4n) is 1.75. The van der Waals surface area contributed by atoms with Gasteiger partial charge in [-0.15, -0.1) is 12.4 Å². The Balaban J connectivity index is 0.00000324. The van der Waals surface area contributed by atoms with Crippen LogP contribution in [0.4, 0.5) is 8.78 Å². The maximum Gasteiger partial charge on any atom is 0.262 e. The lowest BCUT2D eigenvalue weighted by atomic mass is 9.92. The molecule has 19 heavy (non-hydrogen) atoms. The predicted octanol–water partition coefficient (Wildman–Crippen LogP) is 0.294. The van der Waals surface area contributed by atoms with Crippen LogP contribution in [-0.4, -0.2) is 43.9 Å². The van der Waals surface area contributed by atoms with Crippen LogP contribution in [0.2, 0.25) is 0 Å². The molecule has 112 valence electrons. The SMILES string of the molecule is CNC(=O)C(C)(C)CNC(=O)C1CC(F)(F)CN1.Cl. The summed E-state index contributed by atoms with van der Waals surface area (Å²) in [6.07, 6.45) is -0.501. The minimum atomic E-state index is -2.84. The van der Waals surface area contributed by atoms with E-state index in [4.69, 9.17) is 0 Å². The van der Waals surface area contributed by atoms with E-state index in [1.54, 1.807) is 13.8 Å². The fourth-order valence-corrected chi connectivity index (χ4v) is 1.75. The zero-order chi connectivity index (χ0) is 14.0. The molecule has 0 spiro atoms. The maximum atomic E-state index is 12.9. The van der Waals surface area contributed by atoms with Gasteiger partial charge in [-0.2, -0.15) is 0 Å². The fraction of sp³-hybridized carbons (Fsp3) is 0.818. The van der Waals surface area contributed by atoms with Crippen molar-refractivity contribution in [2.24, 2.45) is 5.41 Å². The molecule has 0 aromatic rings. The number of amides is 2. The van der Waals surface area contributed by atoms with Crippen molar-refractivity contribution in [2.75, 3.05) is 20.1 Å². The van der Waals surface area contributed by atoms with Crippen molar-refractivity contribution in [1.82, 2.24) is 16.0 Å². The normalized spacial score (nSPS) is 21.4. The molecule has 5 nitrogen and oxygen atoms in total. The summed E-state index contributed by atoms with van der Waals surface area (Å²) in [5, 5.41) is 7.47. The van der Waals surface area contributed by atoms with Gasteiger partial charge in [-0.1, -0.05) is 0 Å². The Hall–Kier alpha value is -0.950. The Morgan fingerprint density at radius 3 is 2.42 bits per heavy atom. The van der Waals surface area contributed by atoms with E-state index >= 15 is 0 Å². The van der Waals surface area contributed by atoms with Gasteiger partial charge in [0.15, 0.2) is 0 Å². The van der Waals surface area contributed by atoms with Gasteiger partial charge < -0.3 is 10.6 Å². The molecule has 1 aliphatic rings. The molecule has 1 aliphatic heterocycles. The summed E-state index contributed by atoms with van der Waals surface area (Å²) in [6.45, 7) is 2.96. The Morgan fingerprint density at radius 2 is 2.00 bits per heavy atom. The zero-order valence-corrected chi connectivity index (χ0v) is 12.0. The smallest absolute Gasteiger partial charge is 0.262 e. The van der Waals surface area contributed by atoms with E-state index in [2.05, 4.69) is 16.0 Å². The molecule has 1 heterocycles. The first kappa shape index (κ1) is 18.0. The number of alkyl halides is 2. The van der Waals surface area contributed by atoms with Crippen LogP contribution in [-0.2, 0) is 9.59 Å². The second-order valence-corrected chi connectivity index (χ2v) is 5.17. The second kappa shape index (κ2) is 6.47. The number of hydrogen-bond donors (Lipinski definition) is 3. The number of carbonyl (C=O) groups excluding carboxylic acids is 2. The van der Waals surface area contributed by atoms with Crippen molar-refractivity contribution in [3.63, 3.8) is 0 Å². The van der Waals surface area contributed by atoms with Crippen molar-refractivity contribution in [2.45, 2.75) is 32.2 Å². The van der Waals surface area contributed by atoms with E-state index in [1.165, 1.54) is 7.05 Å². The van der Waals surface area contributed by atoms with Gasteiger partial charge in [0, 0.05) is 20.0 Å². The third-order valence-corrected chi connectivity index (χ3v) is 2.97. The quantitative estimate of drug-likeness (QED) is 0.699. The summed E-state index contributed by atoms with van der Waals surface area (Å²) in [7, 11) is 1.50. The van der Waals surface area contributed by atoms with Crippen molar-refractivity contribution in [3.05, 3.63) is 0 Å². The van der Waals surface area contributed by atoms with Crippen molar-refractivity contribution < 1.29 is 18.4 Å². The van der Waals surface area contributed by atoms with Crippen LogP contribution in [0, 0.1) is 5.41 Å². The molecular weight excluding hydrogens is 280 g/mol. The first-order valence-corrected chi connectivity index (χ1v) is 5.79. The molecule has 0 saturated carbocycles. The molecule has 1 saturated heterocycles. The lowest BCUT2D eigenvalue weighted by Crippen LogP contribution is -2.48. The Kier molecular flexibility index (Phi) is 6.15. The van der Waals surface area contributed by atoms with Crippen LogP contribution < -0.4 is 16.0 Å². The topological polar surface area (TPSA) is 70.2 Å². The molecule has 0 radical (unpaired) electrons. The lowest BCUT2D eigenvalue weighted by Gasteiger charge is -2.23. The standard InChI is InChI=1S/C11H19F2N3O2.ClH/c1-10(2,9(18)14-3)5-16-8(17)7-4-11(12,13)6-15-7;/h7,15H,4-6H2,1-3H3,(H,14,18)(H,16,17);1H. The Morgan fingerprint density at radius 1 is 1.42 bits per heavy atom. The highest BCUT2D eigenvalue weighted by Gasteiger charge is 2.42. The minimum Gasteiger partial charge on any atom is -0.359 e. The van der Waals surface area contributed by atoms with Gasteiger partial charge in [-0.05, 0) is 13.8 Å². The molecule has 3 N–H and O–H groups in total. The Bertz CT molecular complexity index is 351. The van der Waals surface area contributed by atoms with Gasteiger partial charge >= 0.3 is 0 Å². The molecule has 1 fully saturated rings. The number of nitrogens with one attached hydrogen (secondary N) is 3. The molecule has 8 heteroatoms. The summed E-state index contributed by atoms with van der Waals surface area (Å²) in [6, 6.07) is -0.888. The molecule has 0 bridgehead atoms. The molecule has 0 aromatic carbocycles. The van der Waals surface area contributed by atoms with Crippen molar-refractivity contribution in [1.29, 1.82) is 0 Å². The molecule has 1 rings (SSSR count). The van der Waals surface area contributed by atoms with E-state index < -0.39 is 36.3 Å². The lowest BCUT2D eigenvalue weighted by molar-refractivity contribution is -0.129. The van der Waals surface area contributed by atoms with Crippen LogP contribution in [0.5, 0.6) is 0 Å². The van der Waals surface area contributed by atoms with Crippen molar-refractivity contribution in [3.8, 4) is 0 Å². The molecule has 1 atom stereocenters. The highest BCUT2D eigenvalue weighted by molar-refractivity contribution is 5.85. The minimum absolute atomic E-state index is 0. The first-order valence-electron chi connectivity index (χ1n) is 5.79. The van der Waals surface area contributed by atoms with Crippen molar-refractivity contribution >= 4 is 24.2 Å². The van der Waals surface area contributed by atoms with E-state index in [0.29, 0.717) is 0 Å². The largest absolute Gasteiger partial charge is 0.359 e. The van der Waals surface area contributed by atoms with E-state index in [-0.39, 0.29) is 24.9 Å². The molecule has 2 amide bonds. The molecule has 0 aromatic heterocycles. The van der Waals surface area contributed by atoms with Gasteiger partial charge in [0.25, 0.3) is 5.92 Å². The van der Waals surface area contributed by atoms with Gasteiger partial charge in [0.1, 0.15) is 0 Å². The number of carbonyl (C=O) groups is 2. The van der Waals surface area contributed by atoms with Crippen LogP contribution in [0.3, 0.4) is 0 Å². The summed E-state index contributed by atoms with van der Waals surface area (Å²) in [5.41, 5.74) is -0.772. The Labute approximate surface area is 117 Å². The highest BCUT2D eigenvalue weighted by Crippen LogP contribution is 2.25. The summed E-state index contributed by atoms with van der Waals surface area (Å²) >= 11 is 0. The van der Waals surface area contributed by atoms with Crippen LogP contribution >= 0.6 is 12.4 Å². The average molecular weight is 300 g/mol. The number of rotatable bonds is 4. The van der Waals surface area contributed by atoms with Crippen LogP contribution in [0.1, 0.15) is 20.3 Å². The predicted molar refractivity (Wildman–Crippen MR) is 69.5 cm³/mol. The van der Waals surface area contributed by atoms with Gasteiger partial charge in [0.2, 0.25) is 11.8 Å². The number of halogens is 3. The van der Waals surface area contributed by atoms with Gasteiger partial charge in [-0.25, -0.2) is 8.78 Å². The monoisotopic (exact) mass is 299 g/mol. The average Bonchev–Trinajstić information content (AvgIpc) is 2.65. The van der Waals surface area contributed by atoms with E-state index in [9.17, 15) is 18.4 Å². The molecule has 1 unspecified atom stereocenters. The molecule has 0 aliphatic carbocycles. The first-order chi connectivity index (χ1) is 8.18. The summed E-state index contributed by atoms with van der Waals surface area (Å²) in [4.78, 5) is 23.1. The van der Waals surface area contributed by atoms with Crippen LogP contribution in [0.15, 0.2) is 0 Å². The van der Waals surface area contributed by atoms with E-state index in [1.807, 2.05) is 0 Å². The maximum absolute atomic E-state index is 12.9. The van der Waals surface area contributed by atoms with Gasteiger partial charge in [0.05, 0.1) is 18.0 Å². The third kappa shape index (κ3) is 4.91. The highest BCUT2D eigenvalue weighted by atomic mass is 35.5. The van der Waals surface area contributed by atoms with Gasteiger partial charge in [-0.3, -0.25) is 14.9 Å². The third-order valence-electron chi connectivity index (χ3n) is 2.97. The van der Waals surface area contributed by atoms with E-state index in [0.717, 1.165) is 0 Å². The van der Waals surface area contributed by atoms with Crippen LogP contribution in [0.25, 0.3) is 0 Å². The number of hydrogen-bond acceptors (Lipinski definition) is 3. The molecular formula is C11H20ClF2N3O2. The summed E-state index contributed by atoms with van der Waals surface area (Å²) < 4.78 is 25.8. The summed E-state index contributed by atoms with van der Waals surface area (Å²) in [5.74, 6) is -3.55.